The third kappa shape index (κ3) is 5.09. The van der Waals surface area contributed by atoms with Gasteiger partial charge in [0.15, 0.2) is 0 Å². The fraction of sp³-hybridized carbons (Fsp3) is 1.00. The molecule has 0 aliphatic carbocycles. The predicted octanol–water partition coefficient (Wildman–Crippen LogP) is 1.63. The van der Waals surface area contributed by atoms with E-state index in [0.717, 1.165) is 0 Å². The molecule has 0 radical (unpaired) electrons. The zero-order valence-corrected chi connectivity index (χ0v) is 7.51. The molecule has 28 valence electrons. The quantitative estimate of drug-likeness (QED) is 0.637. The van der Waals surface area contributed by atoms with Gasteiger partial charge in [-0.2, -0.15) is 0 Å². The van der Waals surface area contributed by atoms with Gasteiger partial charge in [0.2, 0.25) is 0 Å². The summed E-state index contributed by atoms with van der Waals surface area (Å²) in [7, 11) is 4.84. The molecule has 0 saturated heterocycles. The average molecular weight is 190 g/mol. The molecule has 0 amide bonds. The van der Waals surface area contributed by atoms with Crippen LogP contribution in [0.2, 0.25) is 4.18 Å². The fourth-order valence-electron chi connectivity index (χ4n) is 0.118. The summed E-state index contributed by atoms with van der Waals surface area (Å²) < 4.78 is 1.39. The van der Waals surface area contributed by atoms with E-state index in [4.69, 9.17) is 8.92 Å². The van der Waals surface area contributed by atoms with Gasteiger partial charge in [-0.15, -0.1) is 0 Å². The van der Waals surface area contributed by atoms with E-state index in [1.54, 1.807) is 0 Å². The monoisotopic (exact) mass is 190 g/mol. The summed E-state index contributed by atoms with van der Waals surface area (Å²) in [5, 5.41) is 0. The van der Waals surface area contributed by atoms with Gasteiger partial charge in [0.05, 0.1) is 0 Å². The first-order chi connectivity index (χ1) is 2.41. The van der Waals surface area contributed by atoms with Crippen molar-refractivity contribution < 1.29 is 0 Å². The molecular formula is C3H7InS. The van der Waals surface area contributed by atoms with Crippen molar-refractivity contribution in [3.05, 3.63) is 0 Å². The Morgan fingerprint density at radius 2 is 2.40 bits per heavy atom. The van der Waals surface area contributed by atoms with Crippen LogP contribution in [0.15, 0.2) is 0 Å². The maximum atomic E-state index is 4.84. The molecule has 0 bridgehead atoms. The van der Waals surface area contributed by atoms with Crippen molar-refractivity contribution in [2.24, 2.45) is 0 Å². The van der Waals surface area contributed by atoms with Crippen LogP contribution in [0.4, 0.5) is 0 Å². The molecule has 5 heavy (non-hydrogen) atoms. The minimum absolute atomic E-state index is 0.345. The standard InChI is InChI=1S/C3H7.In.S/c1-3-2;;/h1,3H2,2H3;;. The van der Waals surface area contributed by atoms with Gasteiger partial charge in [-0.05, 0) is 0 Å². The summed E-state index contributed by atoms with van der Waals surface area (Å²) in [5.74, 6) is 0. The molecule has 0 aliphatic heterocycles. The zero-order valence-electron chi connectivity index (χ0n) is 3.40. The van der Waals surface area contributed by atoms with Gasteiger partial charge in [-0.1, -0.05) is 0 Å². The van der Waals surface area contributed by atoms with Crippen LogP contribution in [0.1, 0.15) is 13.3 Å². The first-order valence-corrected chi connectivity index (χ1v) is 8.69. The van der Waals surface area contributed by atoms with Gasteiger partial charge in [0.25, 0.3) is 0 Å². The number of hydrogen-bond acceptors (Lipinski definition) is 1. The molecule has 0 aromatic heterocycles. The summed E-state index contributed by atoms with van der Waals surface area (Å²) >= 11 is -0.345. The first kappa shape index (κ1) is 6.09. The van der Waals surface area contributed by atoms with E-state index in [9.17, 15) is 0 Å². The summed E-state index contributed by atoms with van der Waals surface area (Å²) in [5.41, 5.74) is 0. The molecule has 0 saturated carbocycles. The van der Waals surface area contributed by atoms with Gasteiger partial charge in [0, 0.05) is 0 Å². The van der Waals surface area contributed by atoms with Gasteiger partial charge in [-0.25, -0.2) is 0 Å². The molecule has 0 aliphatic rings. The van der Waals surface area contributed by atoms with Crippen molar-refractivity contribution in [3.8, 4) is 0 Å². The van der Waals surface area contributed by atoms with Crippen molar-refractivity contribution >= 4 is 29.8 Å². The van der Waals surface area contributed by atoms with Crippen molar-refractivity contribution in [1.29, 1.82) is 0 Å². The molecule has 0 heterocycles. The summed E-state index contributed by atoms with van der Waals surface area (Å²) in [6.45, 7) is 2.19. The van der Waals surface area contributed by atoms with Crippen LogP contribution in [0.5, 0.6) is 0 Å². The fourth-order valence-corrected chi connectivity index (χ4v) is 2.37. The van der Waals surface area contributed by atoms with Gasteiger partial charge in [-0.3, -0.25) is 0 Å². The van der Waals surface area contributed by atoms with E-state index in [1.165, 1.54) is 10.6 Å². The van der Waals surface area contributed by atoms with Crippen LogP contribution in [-0.4, -0.2) is 20.9 Å². The van der Waals surface area contributed by atoms with Crippen LogP contribution in [0.25, 0.3) is 0 Å². The van der Waals surface area contributed by atoms with Crippen LogP contribution in [-0.2, 0) is 0 Å². The molecule has 0 nitrogen and oxygen atoms in total. The van der Waals surface area contributed by atoms with E-state index in [-0.39, 0.29) is 20.9 Å². The van der Waals surface area contributed by atoms with Gasteiger partial charge in [0.1, 0.15) is 0 Å². The Morgan fingerprint density at radius 1 is 1.80 bits per heavy atom. The molecule has 0 fully saturated rings. The van der Waals surface area contributed by atoms with Crippen molar-refractivity contribution in [3.63, 3.8) is 0 Å². The Bertz CT molecular complexity index is 28.1. The van der Waals surface area contributed by atoms with Crippen LogP contribution in [0.3, 0.4) is 0 Å². The maximum absolute atomic E-state index is 4.84. The molecule has 0 atom stereocenters. The number of rotatable bonds is 2. The van der Waals surface area contributed by atoms with E-state index < -0.39 is 0 Å². The molecule has 0 rings (SSSR count). The molecule has 0 aromatic carbocycles. The molecular weight excluding hydrogens is 183 g/mol. The normalized spacial score (nSPS) is 6.60. The van der Waals surface area contributed by atoms with Crippen molar-refractivity contribution in [2.45, 2.75) is 17.5 Å². The predicted molar refractivity (Wildman–Crippen MR) is 28.4 cm³/mol. The second-order valence-electron chi connectivity index (χ2n) is 0.955. The van der Waals surface area contributed by atoms with Crippen LogP contribution in [0, 0.1) is 0 Å². The minimum atomic E-state index is -0.345. The topological polar surface area (TPSA) is 0 Å². The van der Waals surface area contributed by atoms with E-state index >= 15 is 0 Å². The molecule has 0 N–H and O–H groups in total. The Balaban J connectivity index is 2.40. The SMILES string of the molecule is CC[CH2][In]=[S]. The summed E-state index contributed by atoms with van der Waals surface area (Å²) in [6, 6.07) is 0. The van der Waals surface area contributed by atoms with E-state index in [1.807, 2.05) is 0 Å². The second-order valence-corrected chi connectivity index (χ2v) is 5.79. The van der Waals surface area contributed by atoms with Crippen molar-refractivity contribution in [2.75, 3.05) is 0 Å². The third-order valence-corrected chi connectivity index (χ3v) is 4.31. The second kappa shape index (κ2) is 5.09. The Morgan fingerprint density at radius 3 is 2.40 bits per heavy atom. The van der Waals surface area contributed by atoms with Crippen molar-refractivity contribution in [1.82, 2.24) is 0 Å². The molecule has 0 aromatic rings. The van der Waals surface area contributed by atoms with Crippen LogP contribution >= 0.6 is 8.92 Å². The zero-order chi connectivity index (χ0) is 4.12. The first-order valence-electron chi connectivity index (χ1n) is 1.85. The Hall–Kier alpha value is 1.09. The summed E-state index contributed by atoms with van der Waals surface area (Å²) in [6.07, 6.45) is 1.32. The van der Waals surface area contributed by atoms with Crippen LogP contribution < -0.4 is 0 Å². The average Bonchev–Trinajstić information content (AvgIpc) is 1.41. The van der Waals surface area contributed by atoms with Gasteiger partial charge >= 0.3 is 47.3 Å². The molecule has 2 heteroatoms. The van der Waals surface area contributed by atoms with Gasteiger partial charge < -0.3 is 0 Å². The molecule has 0 unspecified atom stereocenters. The third-order valence-electron chi connectivity index (χ3n) is 0.407. The van der Waals surface area contributed by atoms with E-state index in [0.29, 0.717) is 0 Å². The molecule has 0 spiro atoms. The Kier molecular flexibility index (Phi) is 6.20. The Labute approximate surface area is 47.3 Å². The summed E-state index contributed by atoms with van der Waals surface area (Å²) in [4.78, 5) is 0. The number of hydrogen-bond donors (Lipinski definition) is 0. The van der Waals surface area contributed by atoms with E-state index in [2.05, 4.69) is 6.92 Å².